The van der Waals surface area contributed by atoms with Gasteiger partial charge in [-0.2, -0.15) is 0 Å². The number of amides is 1. The quantitative estimate of drug-likeness (QED) is 0.881. The summed E-state index contributed by atoms with van der Waals surface area (Å²) < 4.78 is 0. The molecule has 0 radical (unpaired) electrons. The normalized spacial score (nSPS) is 21.5. The van der Waals surface area contributed by atoms with Gasteiger partial charge in [0.1, 0.15) is 4.88 Å². The number of hydrogen-bond donors (Lipinski definition) is 2. The summed E-state index contributed by atoms with van der Waals surface area (Å²) >= 11 is 1.43. The fourth-order valence-corrected chi connectivity index (χ4v) is 3.87. The third-order valence-electron chi connectivity index (χ3n) is 4.35. The van der Waals surface area contributed by atoms with Gasteiger partial charge in [-0.05, 0) is 56.7 Å². The number of pyridine rings is 1. The van der Waals surface area contributed by atoms with Gasteiger partial charge in [0.2, 0.25) is 0 Å². The number of thiazole rings is 1. The number of carbonyl (C=O) groups excluding carboxylic acids is 1. The topological polar surface area (TPSA) is 75.1 Å². The van der Waals surface area contributed by atoms with Crippen molar-refractivity contribution < 1.29 is 9.90 Å². The van der Waals surface area contributed by atoms with E-state index >= 15 is 0 Å². The molecule has 2 heterocycles. The van der Waals surface area contributed by atoms with Gasteiger partial charge in [-0.1, -0.05) is 0 Å². The van der Waals surface area contributed by atoms with Gasteiger partial charge in [-0.3, -0.25) is 9.78 Å². The maximum Gasteiger partial charge on any atom is 0.263 e. The summed E-state index contributed by atoms with van der Waals surface area (Å²) in [5, 5.41) is 13.7. The van der Waals surface area contributed by atoms with Crippen LogP contribution in [0.25, 0.3) is 0 Å². The van der Waals surface area contributed by atoms with Crippen molar-refractivity contribution in [3.05, 3.63) is 45.7 Å². The second-order valence-electron chi connectivity index (χ2n) is 6.17. The van der Waals surface area contributed by atoms with Crippen LogP contribution in [0.15, 0.2) is 24.5 Å². The lowest BCUT2D eigenvalue weighted by Gasteiger charge is -2.38. The Labute approximate surface area is 139 Å². The lowest BCUT2D eigenvalue weighted by molar-refractivity contribution is 0.0239. The molecule has 1 fully saturated rings. The van der Waals surface area contributed by atoms with Crippen molar-refractivity contribution >= 4 is 17.2 Å². The van der Waals surface area contributed by atoms with E-state index in [9.17, 15) is 9.90 Å². The molecule has 3 rings (SSSR count). The largest absolute Gasteiger partial charge is 0.393 e. The third kappa shape index (κ3) is 3.76. The molecule has 1 saturated carbocycles. The van der Waals surface area contributed by atoms with E-state index < -0.39 is 0 Å². The second-order valence-corrected chi connectivity index (χ2v) is 7.38. The number of carbonyl (C=O) groups is 1. The van der Waals surface area contributed by atoms with E-state index in [1.54, 1.807) is 12.4 Å². The lowest BCUT2D eigenvalue weighted by atomic mass is 9.75. The zero-order valence-corrected chi connectivity index (χ0v) is 14.1. The minimum absolute atomic E-state index is 0.0232. The van der Waals surface area contributed by atoms with Crippen LogP contribution >= 0.6 is 11.3 Å². The van der Waals surface area contributed by atoms with Gasteiger partial charge in [0.05, 0.1) is 16.8 Å². The van der Waals surface area contributed by atoms with Crippen molar-refractivity contribution in [3.63, 3.8) is 0 Å². The van der Waals surface area contributed by atoms with Crippen LogP contribution in [0.2, 0.25) is 0 Å². The van der Waals surface area contributed by atoms with Crippen LogP contribution in [0.5, 0.6) is 0 Å². The van der Waals surface area contributed by atoms with Crippen LogP contribution in [0.4, 0.5) is 0 Å². The van der Waals surface area contributed by atoms with Gasteiger partial charge >= 0.3 is 0 Å². The number of hydrogen-bond acceptors (Lipinski definition) is 5. The Morgan fingerprint density at radius 1 is 1.39 bits per heavy atom. The summed E-state index contributed by atoms with van der Waals surface area (Å²) in [5.74, 6) is 0.255. The van der Waals surface area contributed by atoms with Crippen molar-refractivity contribution in [1.29, 1.82) is 0 Å². The van der Waals surface area contributed by atoms with Gasteiger partial charge in [0.15, 0.2) is 0 Å². The zero-order valence-electron chi connectivity index (χ0n) is 13.3. The fraction of sp³-hybridized carbons (Fsp3) is 0.471. The zero-order chi connectivity index (χ0) is 16.4. The third-order valence-corrected chi connectivity index (χ3v) is 5.42. The van der Waals surface area contributed by atoms with Crippen molar-refractivity contribution in [1.82, 2.24) is 15.3 Å². The van der Waals surface area contributed by atoms with Gasteiger partial charge < -0.3 is 10.4 Å². The van der Waals surface area contributed by atoms with E-state index in [4.69, 9.17) is 0 Å². The smallest absolute Gasteiger partial charge is 0.263 e. The molecule has 1 aliphatic rings. The number of nitrogens with zero attached hydrogens (tertiary/aromatic N) is 2. The van der Waals surface area contributed by atoms with Crippen molar-refractivity contribution in [3.8, 4) is 0 Å². The molecule has 1 aliphatic carbocycles. The van der Waals surface area contributed by atoms with Crippen LogP contribution in [-0.2, 0) is 6.42 Å². The number of aliphatic hydroxyl groups is 1. The molecule has 0 aliphatic heterocycles. The summed E-state index contributed by atoms with van der Waals surface area (Å²) in [6, 6.07) is 3.96. The minimum atomic E-state index is -0.232. The summed E-state index contributed by atoms with van der Waals surface area (Å²) in [7, 11) is 0. The Kier molecular flexibility index (Phi) is 4.73. The Morgan fingerprint density at radius 2 is 2.09 bits per heavy atom. The number of aromatic nitrogens is 2. The molecule has 0 spiro atoms. The van der Waals surface area contributed by atoms with Crippen LogP contribution in [0.1, 0.15) is 38.8 Å². The summed E-state index contributed by atoms with van der Waals surface area (Å²) in [6.45, 7) is 3.77. The highest BCUT2D eigenvalue weighted by Gasteiger charge is 2.35. The average molecular weight is 331 g/mol. The van der Waals surface area contributed by atoms with Gasteiger partial charge in [0.25, 0.3) is 5.91 Å². The van der Waals surface area contributed by atoms with E-state index in [2.05, 4.69) is 15.3 Å². The van der Waals surface area contributed by atoms with Crippen LogP contribution in [0, 0.1) is 19.8 Å². The first-order chi connectivity index (χ1) is 11.0. The highest BCUT2D eigenvalue weighted by atomic mass is 32.1. The second kappa shape index (κ2) is 6.76. The monoisotopic (exact) mass is 331 g/mol. The molecule has 122 valence electrons. The predicted molar refractivity (Wildman–Crippen MR) is 89.5 cm³/mol. The predicted octanol–water partition coefficient (Wildman–Crippen LogP) is 2.27. The molecule has 1 amide bonds. The Balaban J connectivity index is 1.73. The molecule has 0 saturated heterocycles. The molecule has 5 nitrogen and oxygen atoms in total. The standard InChI is InChI=1S/C17H21N3O2S/c1-10-16(23-11(2)19-10)17(22)20-15(13-8-14(21)9-13)7-12-3-5-18-6-4-12/h3-6,13-15,21H,7-9H2,1-2H3,(H,20,22)/t13?,14?,15-/m1/s1. The van der Waals surface area contributed by atoms with Crippen molar-refractivity contribution in [2.24, 2.45) is 5.92 Å². The maximum absolute atomic E-state index is 12.6. The molecule has 6 heteroatoms. The molecule has 1 atom stereocenters. The van der Waals surface area contributed by atoms with Crippen LogP contribution < -0.4 is 5.32 Å². The van der Waals surface area contributed by atoms with Gasteiger partial charge in [0, 0.05) is 18.4 Å². The Hall–Kier alpha value is -1.79. The van der Waals surface area contributed by atoms with E-state index in [1.165, 1.54) is 11.3 Å². The van der Waals surface area contributed by atoms with Gasteiger partial charge in [-0.15, -0.1) is 11.3 Å². The highest BCUT2D eigenvalue weighted by molar-refractivity contribution is 7.13. The summed E-state index contributed by atoms with van der Waals surface area (Å²) in [5.41, 5.74) is 1.92. The number of aryl methyl sites for hydroxylation is 2. The Bertz CT molecular complexity index is 680. The molecule has 2 aromatic rings. The summed E-state index contributed by atoms with van der Waals surface area (Å²) in [6.07, 6.45) is 5.54. The highest BCUT2D eigenvalue weighted by Crippen LogP contribution is 2.32. The van der Waals surface area contributed by atoms with E-state index in [0.29, 0.717) is 10.8 Å². The summed E-state index contributed by atoms with van der Waals surface area (Å²) in [4.78, 5) is 21.6. The number of aliphatic hydroxyl groups excluding tert-OH is 1. The maximum atomic E-state index is 12.6. The molecular formula is C17H21N3O2S. The first-order valence-electron chi connectivity index (χ1n) is 7.85. The molecule has 0 unspecified atom stereocenters. The van der Waals surface area contributed by atoms with E-state index in [-0.39, 0.29) is 18.1 Å². The van der Waals surface area contributed by atoms with E-state index in [0.717, 1.165) is 35.5 Å². The Morgan fingerprint density at radius 3 is 2.65 bits per heavy atom. The van der Waals surface area contributed by atoms with Crippen LogP contribution in [-0.4, -0.2) is 33.1 Å². The first kappa shape index (κ1) is 16.1. The van der Waals surface area contributed by atoms with Crippen molar-refractivity contribution in [2.75, 3.05) is 0 Å². The first-order valence-corrected chi connectivity index (χ1v) is 8.66. The molecule has 0 aromatic carbocycles. The molecular weight excluding hydrogens is 310 g/mol. The number of nitrogens with one attached hydrogen (secondary N) is 1. The van der Waals surface area contributed by atoms with E-state index in [1.807, 2.05) is 26.0 Å². The van der Waals surface area contributed by atoms with Gasteiger partial charge in [-0.25, -0.2) is 4.98 Å². The van der Waals surface area contributed by atoms with Crippen molar-refractivity contribution in [2.45, 2.75) is 45.3 Å². The van der Waals surface area contributed by atoms with Crippen LogP contribution in [0.3, 0.4) is 0 Å². The lowest BCUT2D eigenvalue weighted by Crippen LogP contribution is -2.48. The molecule has 23 heavy (non-hydrogen) atoms. The average Bonchev–Trinajstić information content (AvgIpc) is 2.83. The number of rotatable bonds is 5. The molecule has 2 aromatic heterocycles. The minimum Gasteiger partial charge on any atom is -0.393 e. The molecule has 0 bridgehead atoms. The fourth-order valence-electron chi connectivity index (χ4n) is 3.04. The molecule has 2 N–H and O–H groups in total. The SMILES string of the molecule is Cc1nc(C)c(C(=O)N[C@H](Cc2ccncc2)C2CC(O)C2)s1.